The van der Waals surface area contributed by atoms with E-state index in [1.54, 1.807) is 30.3 Å². The van der Waals surface area contributed by atoms with Crippen LogP contribution in [0.5, 0.6) is 5.75 Å². The number of ether oxygens (including phenoxy) is 1. The van der Waals surface area contributed by atoms with E-state index in [1.807, 2.05) is 0 Å². The first kappa shape index (κ1) is 15.1. The molecule has 0 unspecified atom stereocenters. The molecule has 1 aromatic rings. The highest BCUT2D eigenvalue weighted by Gasteiger charge is 2.31. The van der Waals surface area contributed by atoms with Gasteiger partial charge in [-0.1, -0.05) is 12.1 Å². The van der Waals surface area contributed by atoms with Crippen LogP contribution in [0.25, 0.3) is 6.08 Å². The molecule has 0 N–H and O–H groups in total. The molecule has 1 saturated heterocycles. The smallest absolute Gasteiger partial charge is 0.293 e. The molecular weight excluding hydrogens is 294 g/mol. The summed E-state index contributed by atoms with van der Waals surface area (Å²) in [6, 6.07) is 6.50. The predicted octanol–water partition coefficient (Wildman–Crippen LogP) is 0.870. The van der Waals surface area contributed by atoms with Gasteiger partial charge in [-0.05, 0) is 42.5 Å². The van der Waals surface area contributed by atoms with Gasteiger partial charge in [-0.15, -0.1) is 0 Å². The van der Waals surface area contributed by atoms with E-state index in [-0.39, 0.29) is 11.1 Å². The van der Waals surface area contributed by atoms with Gasteiger partial charge >= 0.3 is 0 Å². The molecule has 0 aliphatic carbocycles. The summed E-state index contributed by atoms with van der Waals surface area (Å²) < 4.78 is 5.14. The minimum absolute atomic E-state index is 0.311. The SMILES string of the molecule is C[C@H](Oc1ccc(/C=C2\SC(=O)N(C)C2=O)cc1)C(=O)[O-]. The first-order chi connectivity index (χ1) is 9.88. The molecule has 2 rings (SSSR count). The zero-order valence-corrected chi connectivity index (χ0v) is 12.2. The molecule has 6 nitrogen and oxygen atoms in total. The van der Waals surface area contributed by atoms with Gasteiger partial charge in [0.1, 0.15) is 11.9 Å². The molecule has 1 aromatic carbocycles. The van der Waals surface area contributed by atoms with Crippen LogP contribution in [0.3, 0.4) is 0 Å². The maximum absolute atomic E-state index is 11.7. The summed E-state index contributed by atoms with van der Waals surface area (Å²) in [5, 5.41) is 10.3. The van der Waals surface area contributed by atoms with Crippen molar-refractivity contribution in [2.45, 2.75) is 13.0 Å². The third-order valence-corrected chi connectivity index (χ3v) is 3.77. The highest BCUT2D eigenvalue weighted by molar-refractivity contribution is 8.18. The molecule has 0 radical (unpaired) electrons. The summed E-state index contributed by atoms with van der Waals surface area (Å²) in [7, 11) is 1.43. The summed E-state index contributed by atoms with van der Waals surface area (Å²) in [5.41, 5.74) is 0.711. The third-order valence-electron chi connectivity index (χ3n) is 2.81. The van der Waals surface area contributed by atoms with Crippen LogP contribution in [0.4, 0.5) is 4.79 Å². The Hall–Kier alpha value is -2.28. The molecule has 0 spiro atoms. The highest BCUT2D eigenvalue weighted by atomic mass is 32.2. The fraction of sp³-hybridized carbons (Fsp3) is 0.214. The van der Waals surface area contributed by atoms with Crippen LogP contribution < -0.4 is 9.84 Å². The lowest BCUT2D eigenvalue weighted by molar-refractivity contribution is -0.312. The van der Waals surface area contributed by atoms with Crippen molar-refractivity contribution in [1.82, 2.24) is 4.90 Å². The summed E-state index contributed by atoms with van der Waals surface area (Å²) in [6.07, 6.45) is 0.549. The zero-order chi connectivity index (χ0) is 15.6. The van der Waals surface area contributed by atoms with Gasteiger partial charge in [0, 0.05) is 7.05 Å². The number of aliphatic carboxylic acids is 1. The number of likely N-dealkylation sites (N-methyl/N-ethyl adjacent to an activating group) is 1. The first-order valence-corrected chi connectivity index (χ1v) is 6.89. The Morgan fingerprint density at radius 1 is 1.33 bits per heavy atom. The van der Waals surface area contributed by atoms with Gasteiger partial charge in [-0.3, -0.25) is 14.5 Å². The van der Waals surface area contributed by atoms with Crippen LogP contribution in [0.2, 0.25) is 0 Å². The number of amides is 2. The van der Waals surface area contributed by atoms with Gasteiger partial charge in [0.15, 0.2) is 0 Å². The number of hydrogen-bond acceptors (Lipinski definition) is 6. The maximum Gasteiger partial charge on any atom is 0.293 e. The van der Waals surface area contributed by atoms with Crippen LogP contribution in [0, 0.1) is 0 Å². The Morgan fingerprint density at radius 3 is 2.43 bits per heavy atom. The Bertz CT molecular complexity index is 623. The summed E-state index contributed by atoms with van der Waals surface area (Å²) in [6.45, 7) is 1.38. The lowest BCUT2D eigenvalue weighted by atomic mass is 10.2. The molecule has 1 atom stereocenters. The second-order valence-corrected chi connectivity index (χ2v) is 5.38. The van der Waals surface area contributed by atoms with E-state index < -0.39 is 12.1 Å². The lowest BCUT2D eigenvalue weighted by Crippen LogP contribution is -2.37. The number of hydrogen-bond donors (Lipinski definition) is 0. The van der Waals surface area contributed by atoms with E-state index in [4.69, 9.17) is 4.74 Å². The topological polar surface area (TPSA) is 86.7 Å². The van der Waals surface area contributed by atoms with E-state index in [9.17, 15) is 19.5 Å². The molecule has 1 fully saturated rings. The molecule has 110 valence electrons. The summed E-state index contributed by atoms with van der Waals surface area (Å²) >= 11 is 0.877. The third kappa shape index (κ3) is 3.43. The van der Waals surface area contributed by atoms with Crippen molar-refractivity contribution in [2.24, 2.45) is 0 Å². The van der Waals surface area contributed by atoms with Crippen molar-refractivity contribution in [3.63, 3.8) is 0 Å². The molecule has 1 aliphatic heterocycles. The second-order valence-electron chi connectivity index (χ2n) is 4.39. The molecule has 1 aliphatic rings. The second kappa shape index (κ2) is 6.01. The minimum Gasteiger partial charge on any atom is -0.546 e. The van der Waals surface area contributed by atoms with E-state index in [1.165, 1.54) is 14.0 Å². The normalized spacial score (nSPS) is 18.2. The van der Waals surface area contributed by atoms with Gasteiger partial charge in [0.05, 0.1) is 10.9 Å². The molecule has 21 heavy (non-hydrogen) atoms. The zero-order valence-electron chi connectivity index (χ0n) is 11.4. The summed E-state index contributed by atoms with van der Waals surface area (Å²) in [4.78, 5) is 35.1. The van der Waals surface area contributed by atoms with Crippen LogP contribution in [-0.2, 0) is 9.59 Å². The molecular formula is C14H12NO5S-. The van der Waals surface area contributed by atoms with Crippen LogP contribution in [-0.4, -0.2) is 35.2 Å². The Morgan fingerprint density at radius 2 is 1.95 bits per heavy atom. The number of rotatable bonds is 4. The highest BCUT2D eigenvalue weighted by Crippen LogP contribution is 2.31. The van der Waals surface area contributed by atoms with Gasteiger partial charge in [0.25, 0.3) is 11.1 Å². The van der Waals surface area contributed by atoms with E-state index >= 15 is 0 Å². The standard InChI is InChI=1S/C14H13NO5S/c1-8(13(17)18)20-10-5-3-9(4-6-10)7-11-12(16)15(2)14(19)21-11/h3-8H,1-2H3,(H,17,18)/p-1/b11-7-/t8-/m0/s1. The average molecular weight is 306 g/mol. The quantitative estimate of drug-likeness (QED) is 0.767. The molecule has 7 heteroatoms. The number of carboxylic acids is 1. The number of benzene rings is 1. The van der Waals surface area contributed by atoms with Crippen molar-refractivity contribution in [3.05, 3.63) is 34.7 Å². The summed E-state index contributed by atoms with van der Waals surface area (Å²) in [5.74, 6) is -1.25. The van der Waals surface area contributed by atoms with Crippen molar-refractivity contribution < 1.29 is 24.2 Å². The van der Waals surface area contributed by atoms with Gasteiger partial charge in [-0.25, -0.2) is 0 Å². The monoisotopic (exact) mass is 306 g/mol. The fourth-order valence-electron chi connectivity index (χ4n) is 1.59. The number of carbonyl (C=O) groups is 3. The first-order valence-electron chi connectivity index (χ1n) is 6.07. The molecule has 1 heterocycles. The predicted molar refractivity (Wildman–Crippen MR) is 75.3 cm³/mol. The molecule has 0 aromatic heterocycles. The number of carbonyl (C=O) groups excluding carboxylic acids is 3. The number of nitrogens with zero attached hydrogens (tertiary/aromatic N) is 1. The number of thioether (sulfide) groups is 1. The van der Waals surface area contributed by atoms with Crippen molar-refractivity contribution >= 4 is 35.0 Å². The van der Waals surface area contributed by atoms with E-state index in [2.05, 4.69) is 0 Å². The Balaban J connectivity index is 2.11. The minimum atomic E-state index is -1.30. The van der Waals surface area contributed by atoms with Crippen LogP contribution in [0.1, 0.15) is 12.5 Å². The van der Waals surface area contributed by atoms with E-state index in [0.29, 0.717) is 16.2 Å². The van der Waals surface area contributed by atoms with Crippen molar-refractivity contribution in [3.8, 4) is 5.75 Å². The van der Waals surface area contributed by atoms with Crippen molar-refractivity contribution in [1.29, 1.82) is 0 Å². The molecule has 2 amide bonds. The van der Waals surface area contributed by atoms with Crippen LogP contribution in [0.15, 0.2) is 29.2 Å². The van der Waals surface area contributed by atoms with Gasteiger partial charge in [0.2, 0.25) is 0 Å². The molecule has 0 saturated carbocycles. The number of imide groups is 1. The van der Waals surface area contributed by atoms with Crippen LogP contribution >= 0.6 is 11.8 Å². The van der Waals surface area contributed by atoms with Gasteiger partial charge < -0.3 is 14.6 Å². The van der Waals surface area contributed by atoms with Crippen molar-refractivity contribution in [2.75, 3.05) is 7.05 Å². The fourth-order valence-corrected chi connectivity index (χ4v) is 2.42. The Labute approximate surface area is 125 Å². The molecule has 0 bridgehead atoms. The Kier molecular flexibility index (Phi) is 4.32. The van der Waals surface area contributed by atoms with Gasteiger partial charge in [-0.2, -0.15) is 0 Å². The lowest BCUT2D eigenvalue weighted by Gasteiger charge is -2.15. The number of carboxylic acid groups (broad SMARTS) is 1. The average Bonchev–Trinajstić information content (AvgIpc) is 2.68. The largest absolute Gasteiger partial charge is 0.546 e. The van der Waals surface area contributed by atoms with E-state index in [0.717, 1.165) is 16.7 Å². The maximum atomic E-state index is 11.7.